The van der Waals surface area contributed by atoms with E-state index >= 15 is 0 Å². The molecule has 4 heteroatoms. The Bertz CT molecular complexity index is 1130. The molecule has 148 valence electrons. The van der Waals surface area contributed by atoms with Gasteiger partial charge in [-0.3, -0.25) is 9.88 Å². The lowest BCUT2D eigenvalue weighted by atomic mass is 10.0. The third kappa shape index (κ3) is 4.48. The Hall–Kier alpha value is -3.68. The van der Waals surface area contributed by atoms with Crippen LogP contribution >= 0.6 is 0 Å². The van der Waals surface area contributed by atoms with Gasteiger partial charge >= 0.3 is 0 Å². The van der Waals surface area contributed by atoms with Gasteiger partial charge in [-0.1, -0.05) is 66.7 Å². The van der Waals surface area contributed by atoms with Crippen molar-refractivity contribution in [3.05, 3.63) is 107 Å². The lowest BCUT2D eigenvalue weighted by molar-refractivity contribution is 0.244. The smallest absolute Gasteiger partial charge is 0.146 e. The second-order valence-electron chi connectivity index (χ2n) is 7.39. The van der Waals surface area contributed by atoms with Crippen LogP contribution in [-0.4, -0.2) is 15.0 Å². The summed E-state index contributed by atoms with van der Waals surface area (Å²) in [5, 5.41) is 21.1. The number of rotatable bonds is 7. The fourth-order valence-corrected chi connectivity index (χ4v) is 3.81. The molecule has 0 saturated carbocycles. The molecule has 0 aliphatic heterocycles. The first-order chi connectivity index (χ1) is 14.7. The summed E-state index contributed by atoms with van der Waals surface area (Å²) in [4.78, 5) is 6.68. The van der Waals surface area contributed by atoms with E-state index in [2.05, 4.69) is 40.2 Å². The number of aromatic hydroxyl groups is 1. The van der Waals surface area contributed by atoms with Crippen molar-refractivity contribution in [1.82, 2.24) is 9.88 Å². The van der Waals surface area contributed by atoms with Gasteiger partial charge in [0.05, 0.1) is 12.5 Å². The van der Waals surface area contributed by atoms with Crippen LogP contribution in [0.2, 0.25) is 0 Å². The van der Waals surface area contributed by atoms with Crippen molar-refractivity contribution in [2.75, 3.05) is 0 Å². The highest BCUT2D eigenvalue weighted by molar-refractivity contribution is 5.88. The molecule has 4 rings (SSSR count). The first kappa shape index (κ1) is 19.6. The zero-order valence-electron chi connectivity index (χ0n) is 16.7. The minimum absolute atomic E-state index is 0.193. The summed E-state index contributed by atoms with van der Waals surface area (Å²) >= 11 is 0. The number of pyridine rings is 1. The third-order valence-electron chi connectivity index (χ3n) is 5.19. The molecular weight excluding hydrogens is 370 g/mol. The number of nitriles is 1. The number of fused-ring (bicyclic) bond motifs is 1. The van der Waals surface area contributed by atoms with Gasteiger partial charge in [-0.05, 0) is 28.8 Å². The average Bonchev–Trinajstić information content (AvgIpc) is 2.78. The molecule has 0 amide bonds. The normalized spacial score (nSPS) is 10.9. The van der Waals surface area contributed by atoms with Gasteiger partial charge in [0.15, 0.2) is 0 Å². The molecule has 0 bridgehead atoms. The molecule has 0 radical (unpaired) electrons. The minimum atomic E-state index is 0.193. The van der Waals surface area contributed by atoms with Crippen molar-refractivity contribution in [1.29, 1.82) is 5.26 Å². The zero-order valence-corrected chi connectivity index (χ0v) is 16.7. The van der Waals surface area contributed by atoms with E-state index in [1.54, 1.807) is 6.20 Å². The lowest BCUT2D eigenvalue weighted by Crippen LogP contribution is -2.22. The summed E-state index contributed by atoms with van der Waals surface area (Å²) in [6.07, 6.45) is 1.96. The molecule has 0 atom stereocenters. The van der Waals surface area contributed by atoms with E-state index in [0.29, 0.717) is 12.1 Å². The molecule has 30 heavy (non-hydrogen) atoms. The molecule has 4 nitrogen and oxygen atoms in total. The van der Waals surface area contributed by atoms with Crippen LogP contribution in [-0.2, 0) is 26.1 Å². The van der Waals surface area contributed by atoms with Gasteiger partial charge in [0.1, 0.15) is 11.3 Å². The molecule has 0 saturated heterocycles. The first-order valence-electron chi connectivity index (χ1n) is 10.00. The van der Waals surface area contributed by atoms with E-state index in [1.165, 1.54) is 11.1 Å². The highest BCUT2D eigenvalue weighted by atomic mass is 16.3. The summed E-state index contributed by atoms with van der Waals surface area (Å²) in [7, 11) is 0. The maximum Gasteiger partial charge on any atom is 0.146 e. The Balaban J connectivity index is 1.70. The van der Waals surface area contributed by atoms with E-state index in [9.17, 15) is 10.4 Å². The molecule has 0 spiro atoms. The Morgan fingerprint density at radius 1 is 0.800 bits per heavy atom. The topological polar surface area (TPSA) is 60.2 Å². The second-order valence-corrected chi connectivity index (χ2v) is 7.39. The second kappa shape index (κ2) is 9.21. The van der Waals surface area contributed by atoms with E-state index < -0.39 is 0 Å². The number of hydrogen-bond acceptors (Lipinski definition) is 4. The van der Waals surface area contributed by atoms with Crippen LogP contribution in [0.1, 0.15) is 22.3 Å². The number of benzene rings is 3. The predicted octanol–water partition coefficient (Wildman–Crippen LogP) is 5.21. The van der Waals surface area contributed by atoms with Crippen LogP contribution in [0.3, 0.4) is 0 Å². The quantitative estimate of drug-likeness (QED) is 0.468. The van der Waals surface area contributed by atoms with Crippen LogP contribution < -0.4 is 0 Å². The average molecular weight is 393 g/mol. The van der Waals surface area contributed by atoms with Crippen LogP contribution in [0.15, 0.2) is 85.1 Å². The number of nitrogens with zero attached hydrogens (tertiary/aromatic N) is 3. The Morgan fingerprint density at radius 3 is 2.03 bits per heavy atom. The maximum atomic E-state index is 11.0. The van der Waals surface area contributed by atoms with Crippen LogP contribution in [0.25, 0.3) is 10.9 Å². The van der Waals surface area contributed by atoms with Crippen molar-refractivity contribution < 1.29 is 5.11 Å². The molecule has 4 aromatic rings. The van der Waals surface area contributed by atoms with Crippen LogP contribution in [0.4, 0.5) is 0 Å². The molecule has 1 aromatic heterocycles. The Kier molecular flexibility index (Phi) is 6.03. The molecule has 0 aliphatic carbocycles. The summed E-state index contributed by atoms with van der Waals surface area (Å²) in [6.45, 7) is 2.06. The van der Waals surface area contributed by atoms with E-state index in [-0.39, 0.29) is 12.2 Å². The fourth-order valence-electron chi connectivity index (χ4n) is 3.81. The summed E-state index contributed by atoms with van der Waals surface area (Å²) < 4.78 is 0. The molecule has 0 aliphatic rings. The van der Waals surface area contributed by atoms with Crippen molar-refractivity contribution >= 4 is 10.9 Å². The SMILES string of the molecule is N#CCc1cc(CN(Cc2ccccc2)Cc2ccccc2)c(O)c2ncccc12. The summed E-state index contributed by atoms with van der Waals surface area (Å²) in [5.41, 5.74) is 4.67. The fraction of sp³-hybridized carbons (Fsp3) is 0.154. The van der Waals surface area contributed by atoms with Crippen LogP contribution in [0, 0.1) is 11.3 Å². The predicted molar refractivity (Wildman–Crippen MR) is 119 cm³/mol. The molecule has 0 unspecified atom stereocenters. The van der Waals surface area contributed by atoms with Gasteiger partial charge in [-0.25, -0.2) is 0 Å². The molecule has 1 heterocycles. The minimum Gasteiger partial charge on any atom is -0.505 e. The molecule has 0 fully saturated rings. The standard InChI is InChI=1S/C26H23N3O/c27-14-13-22-16-23(26(30)25-24(22)12-7-15-28-25)19-29(17-20-8-3-1-4-9-20)18-21-10-5-2-6-11-21/h1-12,15-16,30H,13,17-19H2. The monoisotopic (exact) mass is 393 g/mol. The van der Waals surface area contributed by atoms with Gasteiger partial charge in [-0.2, -0.15) is 5.26 Å². The van der Waals surface area contributed by atoms with E-state index in [0.717, 1.165) is 29.6 Å². The van der Waals surface area contributed by atoms with Gasteiger partial charge in [0.25, 0.3) is 0 Å². The lowest BCUT2D eigenvalue weighted by Gasteiger charge is -2.24. The summed E-state index contributed by atoms with van der Waals surface area (Å²) in [5.74, 6) is 0.193. The number of hydrogen-bond donors (Lipinski definition) is 1. The molecular formula is C26H23N3O. The maximum absolute atomic E-state index is 11.0. The largest absolute Gasteiger partial charge is 0.505 e. The highest BCUT2D eigenvalue weighted by Gasteiger charge is 2.16. The number of aromatic nitrogens is 1. The van der Waals surface area contributed by atoms with E-state index in [1.807, 2.05) is 54.6 Å². The van der Waals surface area contributed by atoms with Gasteiger partial charge in [-0.15, -0.1) is 0 Å². The molecule has 1 N–H and O–H groups in total. The highest BCUT2D eigenvalue weighted by Crippen LogP contribution is 2.32. The Morgan fingerprint density at radius 2 is 1.43 bits per heavy atom. The summed E-state index contributed by atoms with van der Waals surface area (Å²) in [6, 6.07) is 28.6. The zero-order chi connectivity index (χ0) is 20.8. The van der Waals surface area contributed by atoms with Crippen molar-refractivity contribution in [3.8, 4) is 11.8 Å². The third-order valence-corrected chi connectivity index (χ3v) is 5.19. The van der Waals surface area contributed by atoms with Crippen molar-refractivity contribution in [3.63, 3.8) is 0 Å². The van der Waals surface area contributed by atoms with Gasteiger partial charge in [0.2, 0.25) is 0 Å². The Labute approximate surface area is 176 Å². The van der Waals surface area contributed by atoms with Crippen LogP contribution in [0.5, 0.6) is 5.75 Å². The van der Waals surface area contributed by atoms with Gasteiger partial charge < -0.3 is 5.11 Å². The molecule has 3 aromatic carbocycles. The van der Waals surface area contributed by atoms with E-state index in [4.69, 9.17) is 0 Å². The van der Waals surface area contributed by atoms with Gasteiger partial charge in [0, 0.05) is 36.8 Å². The van der Waals surface area contributed by atoms with Crippen molar-refractivity contribution in [2.45, 2.75) is 26.1 Å². The number of phenols is 1. The first-order valence-corrected chi connectivity index (χ1v) is 10.00. The van der Waals surface area contributed by atoms with Crippen molar-refractivity contribution in [2.24, 2.45) is 0 Å². The number of phenolic OH excluding ortho intramolecular Hbond substituents is 1.